The summed E-state index contributed by atoms with van der Waals surface area (Å²) in [6.45, 7) is 0.582. The van der Waals surface area contributed by atoms with Crippen molar-refractivity contribution in [1.29, 1.82) is 0 Å². The normalized spacial score (nSPS) is 10.2. The summed E-state index contributed by atoms with van der Waals surface area (Å²) >= 11 is 11.8. The van der Waals surface area contributed by atoms with E-state index in [1.807, 2.05) is 12.1 Å². The Morgan fingerprint density at radius 3 is 2.23 bits per heavy atom. The molecule has 2 N–H and O–H groups in total. The van der Waals surface area contributed by atoms with Crippen LogP contribution in [0.4, 0.5) is 0 Å². The SMILES string of the molecule is COc1c(Cl)cc(CCN)cc1Cl. The lowest BCUT2D eigenvalue weighted by Crippen LogP contribution is -2.02. The average Bonchev–Trinajstić information content (AvgIpc) is 2.04. The molecule has 0 bridgehead atoms. The van der Waals surface area contributed by atoms with Gasteiger partial charge < -0.3 is 10.5 Å². The maximum Gasteiger partial charge on any atom is 0.156 e. The number of benzene rings is 1. The second-order valence-corrected chi connectivity index (χ2v) is 3.45. The summed E-state index contributed by atoms with van der Waals surface area (Å²) in [5.41, 5.74) is 6.44. The molecule has 72 valence electrons. The van der Waals surface area contributed by atoms with Crippen LogP contribution < -0.4 is 10.5 Å². The Labute approximate surface area is 87.6 Å². The van der Waals surface area contributed by atoms with Crippen LogP contribution in [0.3, 0.4) is 0 Å². The summed E-state index contributed by atoms with van der Waals surface area (Å²) in [5.74, 6) is 0.518. The summed E-state index contributed by atoms with van der Waals surface area (Å²) < 4.78 is 5.01. The number of methoxy groups -OCH3 is 1. The highest BCUT2D eigenvalue weighted by Crippen LogP contribution is 2.33. The zero-order chi connectivity index (χ0) is 9.84. The van der Waals surface area contributed by atoms with Crippen molar-refractivity contribution in [2.24, 2.45) is 5.73 Å². The topological polar surface area (TPSA) is 35.2 Å². The molecule has 0 heterocycles. The van der Waals surface area contributed by atoms with Gasteiger partial charge in [-0.05, 0) is 30.7 Å². The van der Waals surface area contributed by atoms with Crippen molar-refractivity contribution in [2.75, 3.05) is 13.7 Å². The molecule has 1 rings (SSSR count). The quantitative estimate of drug-likeness (QED) is 0.849. The third-order valence-corrected chi connectivity index (χ3v) is 2.26. The van der Waals surface area contributed by atoms with Gasteiger partial charge in [0, 0.05) is 0 Å². The van der Waals surface area contributed by atoms with Crippen LogP contribution in [0.2, 0.25) is 10.0 Å². The first-order chi connectivity index (χ1) is 6.19. The first-order valence-electron chi connectivity index (χ1n) is 3.91. The molecule has 0 aliphatic heterocycles. The fraction of sp³-hybridized carbons (Fsp3) is 0.333. The maximum atomic E-state index is 5.92. The van der Waals surface area contributed by atoms with Crippen LogP contribution in [0, 0.1) is 0 Å². The van der Waals surface area contributed by atoms with Gasteiger partial charge in [0.15, 0.2) is 5.75 Å². The number of hydrogen-bond donors (Lipinski definition) is 1. The Kier molecular flexibility index (Phi) is 3.85. The molecule has 0 saturated carbocycles. The highest BCUT2D eigenvalue weighted by atomic mass is 35.5. The van der Waals surface area contributed by atoms with Crippen molar-refractivity contribution in [3.63, 3.8) is 0 Å². The van der Waals surface area contributed by atoms with Gasteiger partial charge in [0.2, 0.25) is 0 Å². The van der Waals surface area contributed by atoms with Crippen molar-refractivity contribution in [3.05, 3.63) is 27.7 Å². The lowest BCUT2D eigenvalue weighted by molar-refractivity contribution is 0.415. The highest BCUT2D eigenvalue weighted by molar-refractivity contribution is 6.37. The van der Waals surface area contributed by atoms with E-state index in [0.29, 0.717) is 22.3 Å². The van der Waals surface area contributed by atoms with E-state index in [1.165, 1.54) is 7.11 Å². The lowest BCUT2D eigenvalue weighted by atomic mass is 10.1. The summed E-state index contributed by atoms with van der Waals surface area (Å²) in [4.78, 5) is 0. The van der Waals surface area contributed by atoms with Crippen LogP contribution in [0.25, 0.3) is 0 Å². The zero-order valence-corrected chi connectivity index (χ0v) is 8.82. The molecule has 0 radical (unpaired) electrons. The van der Waals surface area contributed by atoms with Gasteiger partial charge in [-0.2, -0.15) is 0 Å². The Bertz CT molecular complexity index is 279. The molecule has 0 spiro atoms. The minimum atomic E-state index is 0.518. The lowest BCUT2D eigenvalue weighted by Gasteiger charge is -2.07. The molecule has 13 heavy (non-hydrogen) atoms. The molecule has 0 aliphatic carbocycles. The molecule has 4 heteroatoms. The third-order valence-electron chi connectivity index (χ3n) is 1.70. The number of halogens is 2. The van der Waals surface area contributed by atoms with Gasteiger partial charge in [-0.25, -0.2) is 0 Å². The van der Waals surface area contributed by atoms with Crippen LogP contribution in [-0.4, -0.2) is 13.7 Å². The molecular formula is C9H11Cl2NO. The van der Waals surface area contributed by atoms with Crippen molar-refractivity contribution in [1.82, 2.24) is 0 Å². The molecular weight excluding hydrogens is 209 g/mol. The number of hydrogen-bond acceptors (Lipinski definition) is 2. The second kappa shape index (κ2) is 4.70. The summed E-state index contributed by atoms with van der Waals surface area (Å²) in [6, 6.07) is 3.64. The van der Waals surface area contributed by atoms with Gasteiger partial charge in [-0.3, -0.25) is 0 Å². The molecule has 0 fully saturated rings. The summed E-state index contributed by atoms with van der Waals surface area (Å²) in [5, 5.41) is 1.05. The average molecular weight is 220 g/mol. The predicted octanol–water partition coefficient (Wildman–Crippen LogP) is 2.50. The van der Waals surface area contributed by atoms with Crippen LogP contribution in [0.5, 0.6) is 5.75 Å². The van der Waals surface area contributed by atoms with E-state index >= 15 is 0 Å². The fourth-order valence-electron chi connectivity index (χ4n) is 1.12. The molecule has 0 amide bonds. The third kappa shape index (κ3) is 2.50. The van der Waals surface area contributed by atoms with Crippen LogP contribution >= 0.6 is 23.2 Å². The van der Waals surface area contributed by atoms with E-state index in [2.05, 4.69) is 0 Å². The van der Waals surface area contributed by atoms with Gasteiger partial charge in [-0.1, -0.05) is 23.2 Å². The van der Waals surface area contributed by atoms with E-state index in [0.717, 1.165) is 12.0 Å². The second-order valence-electron chi connectivity index (χ2n) is 2.63. The van der Waals surface area contributed by atoms with Crippen molar-refractivity contribution < 1.29 is 4.74 Å². The Morgan fingerprint density at radius 1 is 1.31 bits per heavy atom. The standard InChI is InChI=1S/C9H11Cl2NO/c1-13-9-7(10)4-6(2-3-12)5-8(9)11/h4-5H,2-3,12H2,1H3. The van der Waals surface area contributed by atoms with Crippen LogP contribution in [0.15, 0.2) is 12.1 Å². The zero-order valence-electron chi connectivity index (χ0n) is 7.31. The molecule has 0 saturated heterocycles. The first-order valence-corrected chi connectivity index (χ1v) is 4.66. The predicted molar refractivity (Wildman–Crippen MR) is 55.8 cm³/mol. The van der Waals surface area contributed by atoms with Gasteiger partial charge in [0.05, 0.1) is 17.2 Å². The van der Waals surface area contributed by atoms with Gasteiger partial charge in [-0.15, -0.1) is 0 Å². The monoisotopic (exact) mass is 219 g/mol. The highest BCUT2D eigenvalue weighted by Gasteiger charge is 2.07. The van der Waals surface area contributed by atoms with Crippen molar-refractivity contribution >= 4 is 23.2 Å². The smallest absolute Gasteiger partial charge is 0.156 e. The number of ether oxygens (including phenoxy) is 1. The molecule has 0 atom stereocenters. The van der Waals surface area contributed by atoms with E-state index < -0.39 is 0 Å². The first kappa shape index (κ1) is 10.6. The number of nitrogens with two attached hydrogens (primary N) is 1. The van der Waals surface area contributed by atoms with Gasteiger partial charge in [0.1, 0.15) is 0 Å². The van der Waals surface area contributed by atoms with E-state index in [1.54, 1.807) is 0 Å². The van der Waals surface area contributed by atoms with Crippen molar-refractivity contribution in [3.8, 4) is 5.75 Å². The Hall–Kier alpha value is -0.440. The molecule has 0 unspecified atom stereocenters. The summed E-state index contributed by atoms with van der Waals surface area (Å²) in [6.07, 6.45) is 0.767. The van der Waals surface area contributed by atoms with E-state index in [9.17, 15) is 0 Å². The maximum absolute atomic E-state index is 5.92. The minimum Gasteiger partial charge on any atom is -0.494 e. The van der Waals surface area contributed by atoms with E-state index in [-0.39, 0.29) is 0 Å². The Balaban J connectivity index is 3.05. The molecule has 1 aromatic rings. The van der Waals surface area contributed by atoms with Crippen molar-refractivity contribution in [2.45, 2.75) is 6.42 Å². The van der Waals surface area contributed by atoms with Gasteiger partial charge in [0.25, 0.3) is 0 Å². The molecule has 1 aromatic carbocycles. The number of rotatable bonds is 3. The largest absolute Gasteiger partial charge is 0.494 e. The summed E-state index contributed by atoms with van der Waals surface area (Å²) in [7, 11) is 1.54. The molecule has 0 aromatic heterocycles. The minimum absolute atomic E-state index is 0.518. The fourth-order valence-corrected chi connectivity index (χ4v) is 1.80. The van der Waals surface area contributed by atoms with Crippen LogP contribution in [-0.2, 0) is 6.42 Å². The van der Waals surface area contributed by atoms with Gasteiger partial charge >= 0.3 is 0 Å². The van der Waals surface area contributed by atoms with Crippen LogP contribution in [0.1, 0.15) is 5.56 Å². The Morgan fingerprint density at radius 2 is 1.85 bits per heavy atom. The molecule has 2 nitrogen and oxygen atoms in total. The van der Waals surface area contributed by atoms with E-state index in [4.69, 9.17) is 33.7 Å². The molecule has 0 aliphatic rings.